The van der Waals surface area contributed by atoms with E-state index in [1.165, 1.54) is 6.36 Å². The molecule has 0 saturated heterocycles. The van der Waals surface area contributed by atoms with Crippen LogP contribution in [0.2, 0.25) is 0 Å². The Labute approximate surface area is 111 Å². The van der Waals surface area contributed by atoms with Crippen LogP contribution in [0, 0.1) is 0 Å². The molecule has 0 aliphatic rings. The monoisotopic (exact) mass is 422 g/mol. The van der Waals surface area contributed by atoms with Gasteiger partial charge in [-0.25, -0.2) is 0 Å². The van der Waals surface area contributed by atoms with Crippen molar-refractivity contribution in [2.75, 3.05) is 9.36 Å². The summed E-state index contributed by atoms with van der Waals surface area (Å²) in [6.07, 6.45) is 0. The zero-order chi connectivity index (χ0) is 5.70. The Kier molecular flexibility index (Phi) is 136. The first-order valence-corrected chi connectivity index (χ1v) is 8.54. The molecule has 0 radical (unpaired) electrons. The summed E-state index contributed by atoms with van der Waals surface area (Å²) in [5, 5.41) is 0. The van der Waals surface area contributed by atoms with Crippen molar-refractivity contribution in [1.82, 2.24) is 0 Å². The molecule has 0 bridgehead atoms. The molecule has 96 valence electrons. The molecule has 13 heavy (non-hydrogen) atoms. The van der Waals surface area contributed by atoms with E-state index in [2.05, 4.69) is 18.8 Å². The molecule has 0 spiro atoms. The fourth-order valence-electron chi connectivity index (χ4n) is 0.271. The third-order valence-corrected chi connectivity index (χ3v) is 9.87. The SMILES string of the molecule is C.C.C.C.C.C.CC[I-]C(C)[I-]C. The summed E-state index contributed by atoms with van der Waals surface area (Å²) >= 11 is 1.20. The summed E-state index contributed by atoms with van der Waals surface area (Å²) in [5.41, 5.74) is 0. The van der Waals surface area contributed by atoms with Crippen LogP contribution in [0.4, 0.5) is 0 Å². The van der Waals surface area contributed by atoms with Gasteiger partial charge in [0, 0.05) is 0 Å². The Morgan fingerprint density at radius 2 is 1.23 bits per heavy atom. The van der Waals surface area contributed by atoms with Crippen LogP contribution in [0.3, 0.4) is 0 Å². The number of alkyl halides is 4. The molecule has 0 fully saturated rings. The van der Waals surface area contributed by atoms with Crippen LogP contribution >= 0.6 is 0 Å². The second-order valence-electron chi connectivity index (χ2n) is 1.16. The third kappa shape index (κ3) is 42.4. The first-order chi connectivity index (χ1) is 3.31. The predicted octanol–water partition coefficient (Wildman–Crippen LogP) is -1.02. The van der Waals surface area contributed by atoms with E-state index in [1.54, 1.807) is 0 Å². The molecule has 0 rings (SSSR count). The first kappa shape index (κ1) is 47.1. The Morgan fingerprint density at radius 1 is 0.923 bits per heavy atom. The van der Waals surface area contributed by atoms with Gasteiger partial charge in [0.2, 0.25) is 0 Å². The van der Waals surface area contributed by atoms with Crippen LogP contribution in [-0.2, 0) is 0 Å². The molecule has 1 unspecified atom stereocenters. The molecule has 0 aliphatic heterocycles. The molecule has 0 aliphatic carbocycles. The predicted molar refractivity (Wildman–Crippen MR) is 66.3 cm³/mol. The molecule has 0 aromatic carbocycles. The minimum atomic E-state index is 0. The van der Waals surface area contributed by atoms with E-state index >= 15 is 0 Å². The Bertz CT molecular complexity index is 39.1. The minimum absolute atomic E-state index is 0. The van der Waals surface area contributed by atoms with Gasteiger partial charge in [0.1, 0.15) is 0 Å². The summed E-state index contributed by atoms with van der Waals surface area (Å²) in [7, 11) is 0. The van der Waals surface area contributed by atoms with Gasteiger partial charge in [-0.2, -0.15) is 0 Å². The summed E-state index contributed by atoms with van der Waals surface area (Å²) in [4.78, 5) is 2.39. The zero-order valence-corrected chi connectivity index (χ0v) is 9.36. The quantitative estimate of drug-likeness (QED) is 0.404. The average molecular weight is 422 g/mol. The molecule has 0 nitrogen and oxygen atoms in total. The Morgan fingerprint density at radius 3 is 1.31 bits per heavy atom. The van der Waals surface area contributed by atoms with Crippen molar-refractivity contribution in [3.63, 3.8) is 0 Å². The van der Waals surface area contributed by atoms with Crippen molar-refractivity contribution in [2.24, 2.45) is 0 Å². The van der Waals surface area contributed by atoms with Gasteiger partial charge < -0.3 is 0 Å². The number of rotatable bonds is 3. The fourth-order valence-corrected chi connectivity index (χ4v) is 6.28. The van der Waals surface area contributed by atoms with Gasteiger partial charge in [-0.3, -0.25) is 0 Å². The molecular formula is C11H36I2-2. The van der Waals surface area contributed by atoms with Crippen molar-refractivity contribution < 1.29 is 42.4 Å². The zero-order valence-electron chi connectivity index (χ0n) is 5.04. The van der Waals surface area contributed by atoms with E-state index in [9.17, 15) is 0 Å². The van der Waals surface area contributed by atoms with Crippen LogP contribution in [0.25, 0.3) is 0 Å². The van der Waals surface area contributed by atoms with E-state index in [0.717, 1.165) is 0 Å². The molecule has 0 aromatic rings. The molecule has 0 saturated carbocycles. The van der Waals surface area contributed by atoms with Crippen LogP contribution in [0.1, 0.15) is 58.4 Å². The molecule has 0 N–H and O–H groups in total. The van der Waals surface area contributed by atoms with Crippen molar-refractivity contribution in [2.45, 2.75) is 60.3 Å². The van der Waals surface area contributed by atoms with E-state index in [0.29, 0.717) is 42.4 Å². The topological polar surface area (TPSA) is 0 Å². The van der Waals surface area contributed by atoms with Crippen molar-refractivity contribution in [3.8, 4) is 0 Å². The molecule has 1 atom stereocenters. The van der Waals surface area contributed by atoms with Crippen molar-refractivity contribution in [3.05, 3.63) is 0 Å². The summed E-state index contributed by atoms with van der Waals surface area (Å²) in [6.45, 7) is 4.72. The van der Waals surface area contributed by atoms with Gasteiger partial charge in [-0.15, -0.1) is 0 Å². The van der Waals surface area contributed by atoms with Gasteiger partial charge in [-0.1, -0.05) is 44.6 Å². The number of hydrogen-bond donors (Lipinski definition) is 0. The second-order valence-corrected chi connectivity index (χ2v) is 10.9. The molecular weight excluding hydrogens is 386 g/mol. The van der Waals surface area contributed by atoms with Crippen LogP contribution in [-0.4, -0.2) is 11.3 Å². The number of hydrogen-bond acceptors (Lipinski definition) is 0. The van der Waals surface area contributed by atoms with E-state index in [-0.39, 0.29) is 44.6 Å². The average Bonchev–Trinajstić information content (AvgIpc) is 1.68. The standard InChI is InChI=1S/C5H12I2.6CH4/c1-4-7-5(2)6-3;;;;;;/h5H,4H2,1-3H3;6*1H4/q-2;;;;;;. The number of halogens is 2. The van der Waals surface area contributed by atoms with Gasteiger partial charge in [0.25, 0.3) is 0 Å². The maximum atomic E-state index is 2.41. The summed E-state index contributed by atoms with van der Waals surface area (Å²) in [5.74, 6) is 0. The molecule has 0 aromatic heterocycles. The van der Waals surface area contributed by atoms with Crippen LogP contribution in [0.15, 0.2) is 0 Å². The maximum absolute atomic E-state index is 2.41. The van der Waals surface area contributed by atoms with E-state index in [4.69, 9.17) is 0 Å². The van der Waals surface area contributed by atoms with Gasteiger partial charge in [0.05, 0.1) is 0 Å². The Hall–Kier alpha value is 1.46. The van der Waals surface area contributed by atoms with Crippen molar-refractivity contribution in [1.29, 1.82) is 0 Å². The van der Waals surface area contributed by atoms with Crippen molar-refractivity contribution >= 4 is 0 Å². The summed E-state index contributed by atoms with van der Waals surface area (Å²) < 4.78 is 2.65. The van der Waals surface area contributed by atoms with Crippen LogP contribution in [0.5, 0.6) is 0 Å². The van der Waals surface area contributed by atoms with Crippen LogP contribution < -0.4 is 42.4 Å². The fraction of sp³-hybridized carbons (Fsp3) is 1.00. The van der Waals surface area contributed by atoms with Gasteiger partial charge in [-0.05, 0) is 0 Å². The van der Waals surface area contributed by atoms with Gasteiger partial charge >= 0.3 is 67.5 Å². The normalized spacial score (nSPS) is 8.23. The first-order valence-electron chi connectivity index (χ1n) is 2.37. The summed E-state index contributed by atoms with van der Waals surface area (Å²) in [6, 6.07) is 0. The third-order valence-electron chi connectivity index (χ3n) is 0.668. The molecule has 0 heterocycles. The van der Waals surface area contributed by atoms with E-state index in [1.807, 2.05) is 0 Å². The van der Waals surface area contributed by atoms with Gasteiger partial charge in [0.15, 0.2) is 0 Å². The second kappa shape index (κ2) is 37.5. The molecule has 0 amide bonds. The Balaban J connectivity index is -0.0000000120. The molecule has 2 heteroatoms. The van der Waals surface area contributed by atoms with E-state index < -0.39 is 0 Å².